The maximum absolute atomic E-state index is 13.8. The number of hydrogen-bond acceptors (Lipinski definition) is 8. The maximum atomic E-state index is 13.8. The van der Waals surface area contributed by atoms with Crippen LogP contribution < -0.4 is 19.1 Å². The minimum Gasteiger partial charge on any atom is -0.507 e. The number of thiazole rings is 1. The summed E-state index contributed by atoms with van der Waals surface area (Å²) in [5, 5.41) is 12.0. The summed E-state index contributed by atoms with van der Waals surface area (Å²) in [6, 6.07) is 26.9. The largest absolute Gasteiger partial charge is 0.507 e. The number of methoxy groups -OCH3 is 1. The molecule has 1 amide bonds. The molecule has 2 aliphatic heterocycles. The second kappa shape index (κ2) is 11.2. The van der Waals surface area contributed by atoms with Crippen molar-refractivity contribution >= 4 is 44.1 Å². The molecular weight excluding hydrogens is 576 g/mol. The molecule has 4 aromatic carbocycles. The van der Waals surface area contributed by atoms with Crippen molar-refractivity contribution in [2.24, 2.45) is 0 Å². The van der Waals surface area contributed by atoms with Crippen LogP contribution in [-0.2, 0) is 22.6 Å². The fourth-order valence-electron chi connectivity index (χ4n) is 5.71. The Hall–Kier alpha value is -5.15. The van der Waals surface area contributed by atoms with Crippen LogP contribution in [-0.4, -0.2) is 35.0 Å². The number of rotatable bonds is 7. The average Bonchev–Trinajstić information content (AvgIpc) is 3.71. The van der Waals surface area contributed by atoms with Gasteiger partial charge in [-0.15, -0.1) is 0 Å². The number of ketones is 1. The van der Waals surface area contributed by atoms with E-state index in [1.165, 1.54) is 16.2 Å². The number of nitrogens with zero attached hydrogens (tertiary/aromatic N) is 2. The maximum Gasteiger partial charge on any atom is 0.301 e. The normalized spacial score (nSPS) is 18.8. The van der Waals surface area contributed by atoms with Gasteiger partial charge in [-0.1, -0.05) is 53.8 Å². The van der Waals surface area contributed by atoms with Gasteiger partial charge in [-0.3, -0.25) is 14.5 Å². The zero-order valence-corrected chi connectivity index (χ0v) is 24.8. The molecule has 0 aliphatic carbocycles. The summed E-state index contributed by atoms with van der Waals surface area (Å²) in [5.41, 5.74) is 3.63. The van der Waals surface area contributed by atoms with Gasteiger partial charge in [0, 0.05) is 12.0 Å². The Morgan fingerprint density at radius 2 is 1.84 bits per heavy atom. The lowest BCUT2D eigenvalue weighted by atomic mass is 9.94. The van der Waals surface area contributed by atoms with Gasteiger partial charge in [-0.05, 0) is 72.1 Å². The van der Waals surface area contributed by atoms with Crippen LogP contribution in [0.15, 0.2) is 96.6 Å². The van der Waals surface area contributed by atoms with Crippen LogP contribution >= 0.6 is 11.3 Å². The van der Waals surface area contributed by atoms with Crippen LogP contribution in [0.1, 0.15) is 35.2 Å². The summed E-state index contributed by atoms with van der Waals surface area (Å²) < 4.78 is 18.1. The lowest BCUT2D eigenvalue weighted by Gasteiger charge is -2.23. The molecule has 0 bridgehead atoms. The molecule has 1 aromatic heterocycles. The van der Waals surface area contributed by atoms with Crippen molar-refractivity contribution in [3.8, 4) is 17.2 Å². The SMILES string of the molecule is COc1ccc2nc(N3C(=O)C(=O)C(=C(O)c4ccc5c(c4)C[C@H](C)O5)[C@H]3c3cccc(OCc4ccccc4)c3)sc2c1. The van der Waals surface area contributed by atoms with Crippen molar-refractivity contribution in [3.05, 3.63) is 119 Å². The van der Waals surface area contributed by atoms with Gasteiger partial charge in [0.15, 0.2) is 5.13 Å². The number of benzene rings is 4. The van der Waals surface area contributed by atoms with Crippen LogP contribution in [0.3, 0.4) is 0 Å². The quantitative estimate of drug-likeness (QED) is 0.123. The van der Waals surface area contributed by atoms with Crippen LogP contribution in [0.2, 0.25) is 0 Å². The Morgan fingerprint density at radius 3 is 2.66 bits per heavy atom. The van der Waals surface area contributed by atoms with E-state index in [9.17, 15) is 14.7 Å². The van der Waals surface area contributed by atoms with Crippen LogP contribution in [0.25, 0.3) is 16.0 Å². The van der Waals surface area contributed by atoms with Gasteiger partial charge in [-0.2, -0.15) is 0 Å². The number of amides is 1. The number of carbonyl (C=O) groups is 2. The number of Topliss-reactive ketones (excluding diaryl/α,β-unsaturated/α-hetero) is 1. The second-order valence-electron chi connectivity index (χ2n) is 10.8. The minimum absolute atomic E-state index is 0.0149. The lowest BCUT2D eigenvalue weighted by molar-refractivity contribution is -0.132. The van der Waals surface area contributed by atoms with Gasteiger partial charge in [0.2, 0.25) is 0 Å². The first-order chi connectivity index (χ1) is 21.4. The topological polar surface area (TPSA) is 98.2 Å². The van der Waals surface area contributed by atoms with Crippen molar-refractivity contribution in [3.63, 3.8) is 0 Å². The van der Waals surface area contributed by atoms with Crippen LogP contribution in [0.4, 0.5) is 5.13 Å². The van der Waals surface area contributed by atoms with Crippen molar-refractivity contribution in [1.82, 2.24) is 4.98 Å². The van der Waals surface area contributed by atoms with Crippen molar-refractivity contribution in [2.45, 2.75) is 32.1 Å². The van der Waals surface area contributed by atoms with Crippen molar-refractivity contribution in [1.29, 1.82) is 0 Å². The van der Waals surface area contributed by atoms with Gasteiger partial charge >= 0.3 is 5.91 Å². The molecule has 2 aliphatic rings. The molecule has 5 aromatic rings. The summed E-state index contributed by atoms with van der Waals surface area (Å²) in [5.74, 6) is 0.163. The van der Waals surface area contributed by atoms with E-state index in [1.807, 2.05) is 73.7 Å². The summed E-state index contributed by atoms with van der Waals surface area (Å²) in [7, 11) is 1.58. The third-order valence-corrected chi connectivity index (χ3v) is 8.84. The first kappa shape index (κ1) is 27.7. The van der Waals surface area contributed by atoms with Crippen molar-refractivity contribution in [2.75, 3.05) is 12.0 Å². The number of fused-ring (bicyclic) bond motifs is 2. The average molecular weight is 605 g/mol. The first-order valence-electron chi connectivity index (χ1n) is 14.2. The Balaban J connectivity index is 1.34. The number of aromatic nitrogens is 1. The molecule has 220 valence electrons. The zero-order chi connectivity index (χ0) is 30.4. The number of ether oxygens (including phenoxy) is 3. The molecule has 0 saturated carbocycles. The predicted octanol–water partition coefficient (Wildman–Crippen LogP) is 6.83. The highest BCUT2D eigenvalue weighted by Gasteiger charge is 2.48. The second-order valence-corrected chi connectivity index (χ2v) is 11.8. The first-order valence-corrected chi connectivity index (χ1v) is 15.0. The van der Waals surface area contributed by atoms with E-state index >= 15 is 0 Å². The fraction of sp³-hybridized carbons (Fsp3) is 0.171. The highest BCUT2D eigenvalue weighted by molar-refractivity contribution is 7.22. The summed E-state index contributed by atoms with van der Waals surface area (Å²) >= 11 is 1.28. The van der Waals surface area contributed by atoms with Gasteiger partial charge in [0.05, 0.1) is 28.9 Å². The predicted molar refractivity (Wildman–Crippen MR) is 168 cm³/mol. The van der Waals surface area contributed by atoms with Gasteiger partial charge in [-0.25, -0.2) is 4.98 Å². The molecule has 44 heavy (non-hydrogen) atoms. The van der Waals surface area contributed by atoms with Crippen LogP contribution in [0, 0.1) is 0 Å². The van der Waals surface area contributed by atoms with E-state index in [2.05, 4.69) is 0 Å². The number of hydrogen-bond donors (Lipinski definition) is 1. The molecule has 1 N–H and O–H groups in total. The number of carbonyl (C=O) groups excluding carboxylic acids is 2. The molecule has 2 atom stereocenters. The molecule has 0 spiro atoms. The molecule has 3 heterocycles. The Kier molecular flexibility index (Phi) is 7.02. The minimum atomic E-state index is -0.943. The number of anilines is 1. The summed E-state index contributed by atoms with van der Waals surface area (Å²) in [4.78, 5) is 33.6. The Bertz CT molecular complexity index is 1950. The van der Waals surface area contributed by atoms with Crippen molar-refractivity contribution < 1.29 is 28.9 Å². The summed E-state index contributed by atoms with van der Waals surface area (Å²) in [6.07, 6.45) is 0.703. The van der Waals surface area contributed by atoms with Gasteiger partial charge in [0.25, 0.3) is 5.78 Å². The number of aliphatic hydroxyl groups is 1. The molecule has 8 nitrogen and oxygen atoms in total. The van der Waals surface area contributed by atoms with E-state index in [0.717, 1.165) is 21.6 Å². The molecule has 0 unspecified atom stereocenters. The molecule has 1 fully saturated rings. The fourth-order valence-corrected chi connectivity index (χ4v) is 6.73. The molecule has 1 saturated heterocycles. The zero-order valence-electron chi connectivity index (χ0n) is 24.0. The van der Waals surface area contributed by atoms with E-state index in [-0.39, 0.29) is 17.4 Å². The van der Waals surface area contributed by atoms with Gasteiger partial charge in [0.1, 0.15) is 35.7 Å². The third-order valence-electron chi connectivity index (χ3n) is 7.83. The monoisotopic (exact) mass is 604 g/mol. The molecule has 0 radical (unpaired) electrons. The lowest BCUT2D eigenvalue weighted by Crippen LogP contribution is -2.29. The standard InChI is InChI=1S/C35H28N2O6S/c1-20-15-24-16-23(11-14-28(24)43-20)32(38)30-31(22-9-6-10-26(17-22)42-19-21-7-4-3-5-8-21)37(34(40)33(30)39)35-36-27-13-12-25(41-2)18-29(27)44-35/h3-14,16-18,20,31,38H,15,19H2,1-2H3/t20-,31+/m0/s1. The summed E-state index contributed by atoms with van der Waals surface area (Å²) in [6.45, 7) is 2.32. The smallest absolute Gasteiger partial charge is 0.301 e. The highest BCUT2D eigenvalue weighted by atomic mass is 32.1. The van der Waals surface area contributed by atoms with E-state index in [4.69, 9.17) is 19.2 Å². The van der Waals surface area contributed by atoms with E-state index in [0.29, 0.717) is 46.3 Å². The van der Waals surface area contributed by atoms with Crippen LogP contribution in [0.5, 0.6) is 17.2 Å². The third kappa shape index (κ3) is 4.95. The highest BCUT2D eigenvalue weighted by Crippen LogP contribution is 2.45. The molecule has 9 heteroatoms. The van der Waals surface area contributed by atoms with E-state index < -0.39 is 17.7 Å². The number of aliphatic hydroxyl groups excluding tert-OH is 1. The Labute approximate surface area is 257 Å². The van der Waals surface area contributed by atoms with Gasteiger partial charge < -0.3 is 19.3 Å². The van der Waals surface area contributed by atoms with E-state index in [1.54, 1.807) is 31.4 Å². The molecule has 7 rings (SSSR count). The molecular formula is C35H28N2O6S. The Morgan fingerprint density at radius 1 is 1.00 bits per heavy atom.